The molecule has 114 valence electrons. The minimum Gasteiger partial charge on any atom is -0.333 e. The van der Waals surface area contributed by atoms with E-state index in [1.165, 1.54) is 11.1 Å². The van der Waals surface area contributed by atoms with Gasteiger partial charge in [0.15, 0.2) is 0 Å². The Morgan fingerprint density at radius 2 is 1.96 bits per heavy atom. The van der Waals surface area contributed by atoms with Crippen LogP contribution in [0.3, 0.4) is 0 Å². The van der Waals surface area contributed by atoms with Gasteiger partial charge < -0.3 is 9.13 Å². The molecule has 0 spiro atoms. The summed E-state index contributed by atoms with van der Waals surface area (Å²) in [5.41, 5.74) is 4.59. The summed E-state index contributed by atoms with van der Waals surface area (Å²) in [6.07, 6.45) is 9.29. The van der Waals surface area contributed by atoms with Gasteiger partial charge in [-0.15, -0.1) is 0 Å². The first kappa shape index (κ1) is 13.7. The van der Waals surface area contributed by atoms with Crippen LogP contribution in [0.25, 0.3) is 11.0 Å². The summed E-state index contributed by atoms with van der Waals surface area (Å²) in [5, 5.41) is 0. The monoisotopic (exact) mass is 303 g/mol. The molecule has 0 fully saturated rings. The topological polar surface area (TPSA) is 48.5 Å². The van der Waals surface area contributed by atoms with Crippen LogP contribution >= 0.6 is 0 Å². The minimum absolute atomic E-state index is 0.789. The van der Waals surface area contributed by atoms with Crippen molar-refractivity contribution < 1.29 is 0 Å². The van der Waals surface area contributed by atoms with E-state index >= 15 is 0 Å². The molecule has 4 rings (SSSR count). The van der Waals surface area contributed by atoms with Gasteiger partial charge in [-0.3, -0.25) is 4.98 Å². The second-order valence-electron chi connectivity index (χ2n) is 5.66. The molecule has 23 heavy (non-hydrogen) atoms. The largest absolute Gasteiger partial charge is 0.333 e. The number of aromatic nitrogens is 5. The average Bonchev–Trinajstić information content (AvgIpc) is 3.17. The standard InChI is InChI=1S/C18H17N5/c1-14-21-17-9-15(11-22-8-7-20-13-22)4-5-18(17)23(14)12-16-3-2-6-19-10-16/h2-10,13H,11-12H2,1H3. The molecule has 3 heterocycles. The minimum atomic E-state index is 0.789. The normalized spacial score (nSPS) is 11.2. The first-order valence-corrected chi connectivity index (χ1v) is 7.60. The van der Waals surface area contributed by atoms with Crippen LogP contribution in [0.2, 0.25) is 0 Å². The summed E-state index contributed by atoms with van der Waals surface area (Å²) in [5.74, 6) is 1.02. The Kier molecular flexibility index (Phi) is 3.38. The first-order valence-electron chi connectivity index (χ1n) is 7.60. The van der Waals surface area contributed by atoms with E-state index in [-0.39, 0.29) is 0 Å². The second-order valence-corrected chi connectivity index (χ2v) is 5.66. The fourth-order valence-corrected chi connectivity index (χ4v) is 2.86. The number of fused-ring (bicyclic) bond motifs is 1. The Hall–Kier alpha value is -2.95. The first-order chi connectivity index (χ1) is 11.3. The number of pyridine rings is 1. The third kappa shape index (κ3) is 2.73. The van der Waals surface area contributed by atoms with Gasteiger partial charge in [-0.2, -0.15) is 0 Å². The smallest absolute Gasteiger partial charge is 0.107 e. The van der Waals surface area contributed by atoms with E-state index in [0.717, 1.165) is 29.9 Å². The molecule has 5 nitrogen and oxygen atoms in total. The zero-order valence-electron chi connectivity index (χ0n) is 12.9. The highest BCUT2D eigenvalue weighted by molar-refractivity contribution is 5.77. The van der Waals surface area contributed by atoms with Gasteiger partial charge in [0, 0.05) is 31.3 Å². The zero-order valence-corrected chi connectivity index (χ0v) is 12.9. The lowest BCUT2D eigenvalue weighted by atomic mass is 10.2. The molecule has 0 aliphatic rings. The summed E-state index contributed by atoms with van der Waals surface area (Å²) in [6, 6.07) is 10.5. The van der Waals surface area contributed by atoms with Gasteiger partial charge in [0.1, 0.15) is 5.82 Å². The fourth-order valence-electron chi connectivity index (χ4n) is 2.86. The van der Waals surface area contributed by atoms with Crippen LogP contribution in [0, 0.1) is 6.92 Å². The third-order valence-corrected chi connectivity index (χ3v) is 3.99. The van der Waals surface area contributed by atoms with Crippen molar-refractivity contribution in [3.05, 3.63) is 78.4 Å². The van der Waals surface area contributed by atoms with Crippen LogP contribution in [0.4, 0.5) is 0 Å². The number of benzene rings is 1. The molecule has 0 unspecified atom stereocenters. The van der Waals surface area contributed by atoms with Crippen molar-refractivity contribution >= 4 is 11.0 Å². The van der Waals surface area contributed by atoms with Crippen LogP contribution in [-0.4, -0.2) is 24.1 Å². The number of aryl methyl sites for hydroxylation is 1. The molecule has 1 aromatic carbocycles. The number of hydrogen-bond donors (Lipinski definition) is 0. The predicted octanol–water partition coefficient (Wildman–Crippen LogP) is 3.03. The second kappa shape index (κ2) is 5.68. The molecule has 5 heteroatoms. The summed E-state index contributed by atoms with van der Waals surface area (Å²) in [6.45, 7) is 3.65. The van der Waals surface area contributed by atoms with Crippen molar-refractivity contribution in [1.82, 2.24) is 24.1 Å². The highest BCUT2D eigenvalue weighted by Gasteiger charge is 2.09. The van der Waals surface area contributed by atoms with E-state index in [0.29, 0.717) is 0 Å². The molecular formula is C18H17N5. The van der Waals surface area contributed by atoms with E-state index in [1.807, 2.05) is 31.7 Å². The lowest BCUT2D eigenvalue weighted by molar-refractivity contribution is 0.782. The lowest BCUT2D eigenvalue weighted by Crippen LogP contribution is -2.02. The van der Waals surface area contributed by atoms with Crippen molar-refractivity contribution in [2.75, 3.05) is 0 Å². The molecule has 0 saturated heterocycles. The third-order valence-electron chi connectivity index (χ3n) is 3.99. The summed E-state index contributed by atoms with van der Waals surface area (Å²) >= 11 is 0. The fraction of sp³-hybridized carbons (Fsp3) is 0.167. The highest BCUT2D eigenvalue weighted by Crippen LogP contribution is 2.19. The quantitative estimate of drug-likeness (QED) is 0.582. The van der Waals surface area contributed by atoms with Gasteiger partial charge in [0.2, 0.25) is 0 Å². The van der Waals surface area contributed by atoms with Crippen LogP contribution in [-0.2, 0) is 13.1 Å². The molecule has 0 atom stereocenters. The van der Waals surface area contributed by atoms with E-state index in [2.05, 4.69) is 43.4 Å². The molecule has 0 amide bonds. The van der Waals surface area contributed by atoms with E-state index < -0.39 is 0 Å². The van der Waals surface area contributed by atoms with Gasteiger partial charge in [-0.05, 0) is 36.2 Å². The maximum absolute atomic E-state index is 4.72. The lowest BCUT2D eigenvalue weighted by Gasteiger charge is -2.07. The van der Waals surface area contributed by atoms with Crippen molar-refractivity contribution in [1.29, 1.82) is 0 Å². The summed E-state index contributed by atoms with van der Waals surface area (Å²) < 4.78 is 4.29. The predicted molar refractivity (Wildman–Crippen MR) is 89.1 cm³/mol. The highest BCUT2D eigenvalue weighted by atomic mass is 15.1. The SMILES string of the molecule is Cc1nc2cc(Cn3ccnc3)ccc2n1Cc1cccnc1. The molecule has 3 aromatic heterocycles. The van der Waals surface area contributed by atoms with Gasteiger partial charge in [-0.25, -0.2) is 9.97 Å². The van der Waals surface area contributed by atoms with Gasteiger partial charge in [-0.1, -0.05) is 12.1 Å². The zero-order chi connectivity index (χ0) is 15.6. The molecule has 0 aliphatic heterocycles. The molecule has 0 radical (unpaired) electrons. The number of imidazole rings is 2. The Morgan fingerprint density at radius 3 is 2.74 bits per heavy atom. The van der Waals surface area contributed by atoms with E-state index in [1.54, 1.807) is 12.4 Å². The van der Waals surface area contributed by atoms with Crippen LogP contribution in [0.15, 0.2) is 61.4 Å². The molecule has 0 saturated carbocycles. The Bertz CT molecular complexity index is 923. The molecule has 0 N–H and O–H groups in total. The van der Waals surface area contributed by atoms with Crippen LogP contribution in [0.1, 0.15) is 17.0 Å². The Labute approximate surface area is 134 Å². The van der Waals surface area contributed by atoms with E-state index in [9.17, 15) is 0 Å². The van der Waals surface area contributed by atoms with Crippen molar-refractivity contribution in [3.63, 3.8) is 0 Å². The van der Waals surface area contributed by atoms with Crippen LogP contribution in [0.5, 0.6) is 0 Å². The van der Waals surface area contributed by atoms with E-state index in [4.69, 9.17) is 4.98 Å². The van der Waals surface area contributed by atoms with Gasteiger partial charge in [0.25, 0.3) is 0 Å². The maximum atomic E-state index is 4.72. The Morgan fingerprint density at radius 1 is 1.00 bits per heavy atom. The summed E-state index contributed by atoms with van der Waals surface area (Å²) in [7, 11) is 0. The average molecular weight is 303 g/mol. The number of nitrogens with zero attached hydrogens (tertiary/aromatic N) is 5. The van der Waals surface area contributed by atoms with Crippen LogP contribution < -0.4 is 0 Å². The van der Waals surface area contributed by atoms with Crippen molar-refractivity contribution in [2.24, 2.45) is 0 Å². The van der Waals surface area contributed by atoms with Crippen molar-refractivity contribution in [2.45, 2.75) is 20.0 Å². The molecule has 0 bridgehead atoms. The van der Waals surface area contributed by atoms with Crippen molar-refractivity contribution in [3.8, 4) is 0 Å². The van der Waals surface area contributed by atoms with Gasteiger partial charge in [0.05, 0.1) is 23.9 Å². The number of hydrogen-bond acceptors (Lipinski definition) is 3. The summed E-state index contributed by atoms with van der Waals surface area (Å²) in [4.78, 5) is 13.0. The van der Waals surface area contributed by atoms with Gasteiger partial charge >= 0.3 is 0 Å². The molecular weight excluding hydrogens is 286 g/mol. The molecule has 0 aliphatic carbocycles. The Balaban J connectivity index is 1.68. The maximum Gasteiger partial charge on any atom is 0.107 e. The number of rotatable bonds is 4. The molecule has 4 aromatic rings.